The summed E-state index contributed by atoms with van der Waals surface area (Å²) in [5, 5.41) is 11.8. The van der Waals surface area contributed by atoms with Crippen LogP contribution in [0.15, 0.2) is 108 Å². The molecule has 5 rings (SSSR count). The van der Waals surface area contributed by atoms with Gasteiger partial charge in [0.15, 0.2) is 6.23 Å². The number of nitrogens with zero attached hydrogens (tertiary/aromatic N) is 1. The number of hydrogen-bond acceptors (Lipinski definition) is 6. The first-order valence-electron chi connectivity index (χ1n) is 13.2. The summed E-state index contributed by atoms with van der Waals surface area (Å²) in [7, 11) is 0. The minimum absolute atomic E-state index is 0.00604. The monoisotopic (exact) mass is 626 g/mol. The molecule has 3 N–H and O–H groups in total. The van der Waals surface area contributed by atoms with Crippen molar-refractivity contribution in [3.05, 3.63) is 119 Å². The van der Waals surface area contributed by atoms with Gasteiger partial charge in [0.2, 0.25) is 0 Å². The first kappa shape index (κ1) is 28.6. The molecular formula is C32H27BrN4O5. The van der Waals surface area contributed by atoms with E-state index in [0.717, 1.165) is 21.5 Å². The SMILES string of the molecule is CC(NC(=O)OC(CNC(=O)c1cncc(Br)c1)c1ccc2ccccc2c1)OC(=O)Nc1cccc2ccccc12. The number of benzene rings is 4. The fourth-order valence-corrected chi connectivity index (χ4v) is 4.82. The summed E-state index contributed by atoms with van der Waals surface area (Å²) < 4.78 is 11.7. The summed E-state index contributed by atoms with van der Waals surface area (Å²) in [6.45, 7) is 1.50. The molecule has 10 heteroatoms. The molecule has 4 aromatic carbocycles. The van der Waals surface area contributed by atoms with Crippen molar-refractivity contribution in [2.24, 2.45) is 0 Å². The van der Waals surface area contributed by atoms with Gasteiger partial charge in [-0.3, -0.25) is 20.4 Å². The smallest absolute Gasteiger partial charge is 0.413 e. The number of anilines is 1. The zero-order valence-electron chi connectivity index (χ0n) is 22.5. The molecule has 2 atom stereocenters. The van der Waals surface area contributed by atoms with E-state index >= 15 is 0 Å². The van der Waals surface area contributed by atoms with Crippen LogP contribution in [0.2, 0.25) is 0 Å². The van der Waals surface area contributed by atoms with Crippen molar-refractivity contribution in [1.82, 2.24) is 15.6 Å². The molecule has 5 aromatic rings. The van der Waals surface area contributed by atoms with Gasteiger partial charge in [-0.2, -0.15) is 0 Å². The van der Waals surface area contributed by atoms with Crippen LogP contribution in [0.5, 0.6) is 0 Å². The Labute approximate surface area is 250 Å². The second-order valence-corrected chi connectivity index (χ2v) is 10.4. The molecule has 0 spiro atoms. The van der Waals surface area contributed by atoms with E-state index in [4.69, 9.17) is 9.47 Å². The molecule has 212 valence electrons. The van der Waals surface area contributed by atoms with Crippen LogP contribution in [0.3, 0.4) is 0 Å². The number of amides is 3. The van der Waals surface area contributed by atoms with E-state index in [0.29, 0.717) is 21.3 Å². The molecule has 0 aliphatic heterocycles. The van der Waals surface area contributed by atoms with Crippen molar-refractivity contribution in [2.45, 2.75) is 19.3 Å². The molecule has 0 bridgehead atoms. The third-order valence-electron chi connectivity index (χ3n) is 6.44. The maximum absolute atomic E-state index is 12.9. The van der Waals surface area contributed by atoms with Crippen molar-refractivity contribution >= 4 is 61.3 Å². The average molecular weight is 627 g/mol. The molecule has 1 aromatic heterocycles. The highest BCUT2D eigenvalue weighted by molar-refractivity contribution is 9.10. The molecule has 0 fully saturated rings. The van der Waals surface area contributed by atoms with E-state index < -0.39 is 24.5 Å². The molecule has 0 aliphatic carbocycles. The second-order valence-electron chi connectivity index (χ2n) is 9.45. The van der Waals surface area contributed by atoms with Gasteiger partial charge in [-0.1, -0.05) is 72.8 Å². The normalized spacial score (nSPS) is 12.2. The van der Waals surface area contributed by atoms with Gasteiger partial charge >= 0.3 is 12.2 Å². The zero-order chi connectivity index (χ0) is 29.5. The van der Waals surface area contributed by atoms with Gasteiger partial charge in [-0.25, -0.2) is 9.59 Å². The number of ether oxygens (including phenoxy) is 2. The summed E-state index contributed by atoms with van der Waals surface area (Å²) in [6, 6.07) is 28.2. The lowest BCUT2D eigenvalue weighted by Crippen LogP contribution is -2.39. The Morgan fingerprint density at radius 2 is 1.55 bits per heavy atom. The standard InChI is InChI=1S/C32H27BrN4O5/c1-20(41-32(40)37-28-12-6-10-22-8-4-5-11-27(22)28)36-31(39)42-29(19-35-30(38)25-16-26(33)18-34-17-25)24-14-13-21-7-2-3-9-23(21)15-24/h2-18,20,29H,19H2,1H3,(H,35,38)(H,36,39)(H,37,40). The first-order chi connectivity index (χ1) is 20.4. The summed E-state index contributed by atoms with van der Waals surface area (Å²) in [5.74, 6) is -0.375. The molecule has 2 unspecified atom stereocenters. The molecule has 0 aliphatic rings. The highest BCUT2D eigenvalue weighted by atomic mass is 79.9. The number of hydrogen-bond donors (Lipinski definition) is 3. The summed E-state index contributed by atoms with van der Waals surface area (Å²) in [5.41, 5.74) is 1.62. The fourth-order valence-electron chi connectivity index (χ4n) is 4.45. The van der Waals surface area contributed by atoms with Gasteiger partial charge in [0.1, 0.15) is 6.10 Å². The number of alkyl carbamates (subject to hydrolysis) is 1. The Bertz CT molecular complexity index is 1760. The Balaban J connectivity index is 1.24. The van der Waals surface area contributed by atoms with Crippen LogP contribution in [0.25, 0.3) is 21.5 Å². The number of carbonyl (C=O) groups excluding carboxylic acids is 3. The largest absolute Gasteiger partial charge is 0.439 e. The Morgan fingerprint density at radius 1 is 0.810 bits per heavy atom. The highest BCUT2D eigenvalue weighted by Crippen LogP contribution is 2.24. The number of fused-ring (bicyclic) bond motifs is 2. The van der Waals surface area contributed by atoms with E-state index in [2.05, 4.69) is 36.9 Å². The Morgan fingerprint density at radius 3 is 2.36 bits per heavy atom. The van der Waals surface area contributed by atoms with Crippen molar-refractivity contribution in [2.75, 3.05) is 11.9 Å². The van der Waals surface area contributed by atoms with E-state index in [1.807, 2.05) is 78.9 Å². The van der Waals surface area contributed by atoms with Crippen molar-refractivity contribution in [3.8, 4) is 0 Å². The van der Waals surface area contributed by atoms with E-state index in [1.54, 1.807) is 18.3 Å². The van der Waals surface area contributed by atoms with Crippen LogP contribution in [0.4, 0.5) is 15.3 Å². The predicted octanol–water partition coefficient (Wildman–Crippen LogP) is 6.94. The molecular weight excluding hydrogens is 600 g/mol. The number of aromatic nitrogens is 1. The molecule has 0 radical (unpaired) electrons. The predicted molar refractivity (Wildman–Crippen MR) is 164 cm³/mol. The maximum atomic E-state index is 12.9. The minimum atomic E-state index is -1.01. The molecule has 9 nitrogen and oxygen atoms in total. The number of carbonyl (C=O) groups is 3. The lowest BCUT2D eigenvalue weighted by Gasteiger charge is -2.22. The Kier molecular flexibility index (Phi) is 8.93. The van der Waals surface area contributed by atoms with Gasteiger partial charge in [0, 0.05) is 22.3 Å². The molecule has 1 heterocycles. The number of pyridine rings is 1. The van der Waals surface area contributed by atoms with E-state index in [-0.39, 0.29) is 12.5 Å². The third-order valence-corrected chi connectivity index (χ3v) is 6.87. The molecule has 42 heavy (non-hydrogen) atoms. The van der Waals surface area contributed by atoms with Gasteiger partial charge in [-0.05, 0) is 62.8 Å². The quantitative estimate of drug-likeness (QED) is 0.160. The van der Waals surface area contributed by atoms with E-state index in [1.165, 1.54) is 13.1 Å². The summed E-state index contributed by atoms with van der Waals surface area (Å²) in [6.07, 6.45) is -0.381. The van der Waals surface area contributed by atoms with Crippen molar-refractivity contribution in [3.63, 3.8) is 0 Å². The topological polar surface area (TPSA) is 119 Å². The average Bonchev–Trinajstić information content (AvgIpc) is 2.99. The van der Waals surface area contributed by atoms with Crippen LogP contribution in [0, 0.1) is 0 Å². The summed E-state index contributed by atoms with van der Waals surface area (Å²) >= 11 is 3.31. The van der Waals surface area contributed by atoms with Gasteiger partial charge in [0.05, 0.1) is 17.8 Å². The van der Waals surface area contributed by atoms with Crippen molar-refractivity contribution < 1.29 is 23.9 Å². The van der Waals surface area contributed by atoms with Gasteiger partial charge in [-0.15, -0.1) is 0 Å². The highest BCUT2D eigenvalue weighted by Gasteiger charge is 2.21. The van der Waals surface area contributed by atoms with E-state index in [9.17, 15) is 14.4 Å². The lowest BCUT2D eigenvalue weighted by atomic mass is 10.0. The number of rotatable bonds is 8. The maximum Gasteiger partial charge on any atom is 0.413 e. The van der Waals surface area contributed by atoms with Crippen LogP contribution < -0.4 is 16.0 Å². The lowest BCUT2D eigenvalue weighted by molar-refractivity contribution is 0.0619. The third kappa shape index (κ3) is 7.21. The fraction of sp³-hybridized carbons (Fsp3) is 0.125. The molecule has 0 saturated carbocycles. The first-order valence-corrected chi connectivity index (χ1v) is 13.9. The summed E-state index contributed by atoms with van der Waals surface area (Å²) in [4.78, 5) is 42.3. The van der Waals surface area contributed by atoms with Gasteiger partial charge in [0.25, 0.3) is 5.91 Å². The van der Waals surface area contributed by atoms with Crippen molar-refractivity contribution in [1.29, 1.82) is 0 Å². The van der Waals surface area contributed by atoms with Crippen LogP contribution in [-0.2, 0) is 9.47 Å². The van der Waals surface area contributed by atoms with Crippen LogP contribution in [0.1, 0.15) is 28.9 Å². The number of halogens is 1. The Hall–Kier alpha value is -4.96. The van der Waals surface area contributed by atoms with Crippen LogP contribution in [-0.4, -0.2) is 35.9 Å². The minimum Gasteiger partial charge on any atom is -0.439 e. The van der Waals surface area contributed by atoms with Crippen LogP contribution >= 0.6 is 15.9 Å². The number of nitrogens with one attached hydrogen (secondary N) is 3. The second kappa shape index (κ2) is 13.1. The van der Waals surface area contributed by atoms with Gasteiger partial charge < -0.3 is 14.8 Å². The zero-order valence-corrected chi connectivity index (χ0v) is 24.1. The molecule has 3 amide bonds. The molecule has 0 saturated heterocycles.